The molecule has 0 saturated heterocycles. The van der Waals surface area contributed by atoms with Crippen LogP contribution in [0.2, 0.25) is 5.02 Å². The van der Waals surface area contributed by atoms with Crippen LogP contribution in [0, 0.1) is 0 Å². The maximum absolute atomic E-state index is 13.4. The summed E-state index contributed by atoms with van der Waals surface area (Å²) in [5.74, 6) is 0.227. The molecule has 9 heteroatoms. The molecule has 0 radical (unpaired) electrons. The van der Waals surface area contributed by atoms with Crippen molar-refractivity contribution in [3.63, 3.8) is 0 Å². The van der Waals surface area contributed by atoms with Gasteiger partial charge in [0.15, 0.2) is 11.5 Å². The lowest BCUT2D eigenvalue weighted by Crippen LogP contribution is -2.36. The minimum absolute atomic E-state index is 0.00925. The summed E-state index contributed by atoms with van der Waals surface area (Å²) in [6.07, 6.45) is 2.62. The van der Waals surface area contributed by atoms with Crippen molar-refractivity contribution in [3.8, 4) is 11.5 Å². The van der Waals surface area contributed by atoms with E-state index >= 15 is 0 Å². The van der Waals surface area contributed by atoms with Crippen LogP contribution in [-0.2, 0) is 23.0 Å². The number of amides is 1. The highest BCUT2D eigenvalue weighted by atomic mass is 35.5. The molecule has 36 heavy (non-hydrogen) atoms. The van der Waals surface area contributed by atoms with Crippen molar-refractivity contribution in [2.75, 3.05) is 24.8 Å². The average Bonchev–Trinajstić information content (AvgIpc) is 2.86. The first-order valence-electron chi connectivity index (χ1n) is 11.4. The van der Waals surface area contributed by atoms with E-state index in [0.29, 0.717) is 22.1 Å². The van der Waals surface area contributed by atoms with Gasteiger partial charge in [0, 0.05) is 17.1 Å². The molecular formula is C27H31ClN2O5S. The summed E-state index contributed by atoms with van der Waals surface area (Å²) in [4.78, 5) is 13.4. The van der Waals surface area contributed by atoms with Gasteiger partial charge in [-0.05, 0) is 49.1 Å². The molecule has 1 amide bonds. The predicted molar refractivity (Wildman–Crippen MR) is 144 cm³/mol. The number of carbonyl (C=O) groups excluding carboxylic acids is 1. The lowest BCUT2D eigenvalue weighted by Gasteiger charge is -2.26. The number of hydrogen-bond acceptors (Lipinski definition) is 5. The van der Waals surface area contributed by atoms with E-state index in [1.165, 1.54) is 36.2 Å². The van der Waals surface area contributed by atoms with Crippen LogP contribution in [0.5, 0.6) is 11.5 Å². The summed E-state index contributed by atoms with van der Waals surface area (Å²) in [6, 6.07) is 19.7. The Balaban J connectivity index is 1.95. The van der Waals surface area contributed by atoms with E-state index in [0.717, 1.165) is 19.1 Å². The van der Waals surface area contributed by atoms with Crippen molar-refractivity contribution in [2.24, 2.45) is 0 Å². The largest absolute Gasteiger partial charge is 0.493 e. The number of sulfonamides is 1. The topological polar surface area (TPSA) is 84.9 Å². The normalized spacial score (nSPS) is 12.0. The molecule has 1 N–H and O–H groups in total. The van der Waals surface area contributed by atoms with Gasteiger partial charge in [0.2, 0.25) is 10.0 Å². The number of nitrogens with zero attached hydrogens (tertiary/aromatic N) is 1. The number of methoxy groups -OCH3 is 2. The number of aryl methyl sites for hydroxylation is 1. The summed E-state index contributed by atoms with van der Waals surface area (Å²) < 4.78 is 37.8. The summed E-state index contributed by atoms with van der Waals surface area (Å²) in [5, 5.41) is 3.54. The van der Waals surface area contributed by atoms with Crippen LogP contribution in [0.3, 0.4) is 0 Å². The monoisotopic (exact) mass is 530 g/mol. The minimum atomic E-state index is -3.78. The van der Waals surface area contributed by atoms with Crippen LogP contribution in [0.1, 0.15) is 34.8 Å². The molecule has 0 aliphatic rings. The third-order valence-corrected chi connectivity index (χ3v) is 7.12. The minimum Gasteiger partial charge on any atom is -0.493 e. The summed E-state index contributed by atoms with van der Waals surface area (Å²) >= 11 is 5.99. The second-order valence-electron chi connectivity index (χ2n) is 8.52. The van der Waals surface area contributed by atoms with Gasteiger partial charge in [0.25, 0.3) is 5.91 Å². The zero-order chi connectivity index (χ0) is 26.3. The first kappa shape index (κ1) is 27.4. The molecule has 0 saturated carbocycles. The van der Waals surface area contributed by atoms with E-state index in [9.17, 15) is 13.2 Å². The fourth-order valence-corrected chi connectivity index (χ4v) is 4.81. The summed E-state index contributed by atoms with van der Waals surface area (Å²) in [7, 11) is -0.860. The van der Waals surface area contributed by atoms with Gasteiger partial charge in [0.1, 0.15) is 0 Å². The molecule has 7 nitrogen and oxygen atoms in total. The summed E-state index contributed by atoms with van der Waals surface area (Å²) in [5.41, 5.74) is 2.25. The first-order valence-corrected chi connectivity index (χ1v) is 13.7. The van der Waals surface area contributed by atoms with Crippen LogP contribution in [-0.4, -0.2) is 40.8 Å². The zero-order valence-corrected chi connectivity index (χ0v) is 22.4. The Hall–Kier alpha value is -3.23. The summed E-state index contributed by atoms with van der Waals surface area (Å²) in [6.45, 7) is 1.93. The van der Waals surface area contributed by atoms with E-state index < -0.39 is 15.9 Å². The first-order chi connectivity index (χ1) is 17.1. The molecule has 0 aliphatic carbocycles. The Morgan fingerprint density at radius 3 is 2.17 bits per heavy atom. The van der Waals surface area contributed by atoms with Crippen molar-refractivity contribution in [1.82, 2.24) is 5.32 Å². The van der Waals surface area contributed by atoms with Crippen molar-refractivity contribution >= 4 is 33.2 Å². The third kappa shape index (κ3) is 7.15. The average molecular weight is 531 g/mol. The second kappa shape index (κ2) is 12.1. The van der Waals surface area contributed by atoms with Crippen LogP contribution in [0.4, 0.5) is 5.69 Å². The molecule has 0 spiro atoms. The van der Waals surface area contributed by atoms with E-state index in [4.69, 9.17) is 21.1 Å². The Morgan fingerprint density at radius 2 is 1.58 bits per heavy atom. The number of nitrogens with one attached hydrogen (secondary N) is 1. The maximum atomic E-state index is 13.4. The third-order valence-electron chi connectivity index (χ3n) is 5.74. The fraction of sp³-hybridized carbons (Fsp3) is 0.296. The molecular weight excluding hydrogens is 500 g/mol. The second-order valence-corrected chi connectivity index (χ2v) is 10.9. The number of hydrogen-bond donors (Lipinski definition) is 1. The van der Waals surface area contributed by atoms with Crippen molar-refractivity contribution in [1.29, 1.82) is 0 Å². The van der Waals surface area contributed by atoms with Gasteiger partial charge in [-0.3, -0.25) is 9.10 Å². The number of halogens is 1. The number of anilines is 1. The van der Waals surface area contributed by atoms with Gasteiger partial charge in [-0.1, -0.05) is 54.1 Å². The number of carbonyl (C=O) groups is 1. The molecule has 3 rings (SSSR count). The number of benzene rings is 3. The Kier molecular flexibility index (Phi) is 9.23. The van der Waals surface area contributed by atoms with Gasteiger partial charge >= 0.3 is 0 Å². The van der Waals surface area contributed by atoms with Gasteiger partial charge in [-0.25, -0.2) is 8.42 Å². The quantitative estimate of drug-likeness (QED) is 0.374. The van der Waals surface area contributed by atoms with Crippen LogP contribution in [0.15, 0.2) is 66.7 Å². The van der Waals surface area contributed by atoms with Crippen LogP contribution < -0.4 is 19.1 Å². The predicted octanol–water partition coefficient (Wildman–Crippen LogP) is 5.07. The maximum Gasteiger partial charge on any atom is 0.253 e. The molecule has 3 aromatic carbocycles. The highest BCUT2D eigenvalue weighted by Crippen LogP contribution is 2.37. The van der Waals surface area contributed by atoms with E-state index in [-0.39, 0.29) is 23.8 Å². The Bertz CT molecular complexity index is 1280. The van der Waals surface area contributed by atoms with E-state index in [2.05, 4.69) is 5.32 Å². The number of rotatable bonds is 11. The Morgan fingerprint density at radius 1 is 0.972 bits per heavy atom. The van der Waals surface area contributed by atoms with Gasteiger partial charge in [0.05, 0.1) is 38.3 Å². The highest BCUT2D eigenvalue weighted by Gasteiger charge is 2.27. The Labute approximate surface area is 218 Å². The molecule has 0 heterocycles. The molecule has 0 fully saturated rings. The van der Waals surface area contributed by atoms with Crippen LogP contribution >= 0.6 is 11.6 Å². The zero-order valence-electron chi connectivity index (χ0n) is 20.8. The van der Waals surface area contributed by atoms with E-state index in [1.807, 2.05) is 37.3 Å². The molecule has 0 aromatic heterocycles. The smallest absolute Gasteiger partial charge is 0.253 e. The fourth-order valence-electron chi connectivity index (χ4n) is 3.79. The van der Waals surface area contributed by atoms with Crippen molar-refractivity contribution in [2.45, 2.75) is 32.4 Å². The molecule has 1 atom stereocenters. The van der Waals surface area contributed by atoms with Gasteiger partial charge in [-0.15, -0.1) is 0 Å². The highest BCUT2D eigenvalue weighted by molar-refractivity contribution is 7.92. The molecule has 0 aliphatic heterocycles. The lowest BCUT2D eigenvalue weighted by molar-refractivity contribution is 0.0938. The number of ether oxygens (including phenoxy) is 2. The van der Waals surface area contributed by atoms with Crippen molar-refractivity contribution in [3.05, 3.63) is 88.4 Å². The van der Waals surface area contributed by atoms with Gasteiger partial charge in [-0.2, -0.15) is 0 Å². The standard InChI is InChI=1S/C27H31ClN2O5S/c1-19(10-11-20-8-6-5-7-9-20)29-27(31)23-16-25(34-2)26(35-3)17-24(23)30(36(4,32)33)18-21-12-14-22(28)15-13-21/h5-9,12-17,19H,10-11,18H2,1-4H3,(H,29,31)/t19-/m0/s1. The SMILES string of the molecule is COc1cc(C(=O)N[C@@H](C)CCc2ccccc2)c(N(Cc2ccc(Cl)cc2)S(C)(=O)=O)cc1OC. The van der Waals surface area contributed by atoms with Crippen molar-refractivity contribution < 1.29 is 22.7 Å². The molecule has 0 unspecified atom stereocenters. The molecule has 3 aromatic rings. The molecule has 192 valence electrons. The molecule has 0 bridgehead atoms. The lowest BCUT2D eigenvalue weighted by atomic mass is 10.1. The van der Waals surface area contributed by atoms with E-state index in [1.54, 1.807) is 24.3 Å². The van der Waals surface area contributed by atoms with Crippen LogP contribution in [0.25, 0.3) is 0 Å². The van der Waals surface area contributed by atoms with Gasteiger partial charge < -0.3 is 14.8 Å².